The first-order valence-corrected chi connectivity index (χ1v) is 4.26. The second-order valence-electron chi connectivity index (χ2n) is 3.91. The number of hydrogen-bond acceptors (Lipinski definition) is 3. The maximum atomic E-state index is 11.1. The number of methoxy groups -OCH3 is 1. The fourth-order valence-corrected chi connectivity index (χ4v) is 2.39. The van der Waals surface area contributed by atoms with E-state index in [1.54, 1.807) is 0 Å². The van der Waals surface area contributed by atoms with Crippen LogP contribution in [0, 0.1) is 17.3 Å². The second-order valence-corrected chi connectivity index (χ2v) is 3.91. The number of carbonyl (C=O) groups is 2. The van der Waals surface area contributed by atoms with Crippen molar-refractivity contribution in [2.75, 3.05) is 7.11 Å². The lowest BCUT2D eigenvalue weighted by Crippen LogP contribution is -2.16. The maximum Gasteiger partial charge on any atom is 0.308 e. The van der Waals surface area contributed by atoms with Crippen molar-refractivity contribution in [3.63, 3.8) is 0 Å². The van der Waals surface area contributed by atoms with Crippen LogP contribution in [0.1, 0.15) is 19.3 Å². The Balaban J connectivity index is 2.01. The molecule has 3 atom stereocenters. The summed E-state index contributed by atoms with van der Waals surface area (Å²) in [7, 11) is 1.40. The van der Waals surface area contributed by atoms with Crippen LogP contribution in [0.3, 0.4) is 0 Å². The molecule has 0 bridgehead atoms. The minimum atomic E-state index is -0.150. The zero-order chi connectivity index (χ0) is 8.77. The van der Waals surface area contributed by atoms with E-state index in [0.717, 1.165) is 19.1 Å². The molecule has 3 nitrogen and oxygen atoms in total. The standard InChI is InChI=1S/C9H12O3/c1-12-8(11)6-2-7-4-9(7,3-6)5-10/h5-7H,2-4H2,1H3. The molecule has 0 heterocycles. The van der Waals surface area contributed by atoms with Crippen LogP contribution in [0.5, 0.6) is 0 Å². The van der Waals surface area contributed by atoms with Crippen molar-refractivity contribution in [2.24, 2.45) is 17.3 Å². The fraction of sp³-hybridized carbons (Fsp3) is 0.778. The number of hydrogen-bond donors (Lipinski definition) is 0. The Hall–Kier alpha value is -0.860. The van der Waals surface area contributed by atoms with Gasteiger partial charge in [0.1, 0.15) is 6.29 Å². The van der Waals surface area contributed by atoms with Crippen molar-refractivity contribution >= 4 is 12.3 Å². The van der Waals surface area contributed by atoms with E-state index in [2.05, 4.69) is 4.74 Å². The van der Waals surface area contributed by atoms with Crippen LogP contribution >= 0.6 is 0 Å². The maximum absolute atomic E-state index is 11.1. The molecule has 2 saturated carbocycles. The minimum Gasteiger partial charge on any atom is -0.469 e. The zero-order valence-corrected chi connectivity index (χ0v) is 7.08. The number of esters is 1. The van der Waals surface area contributed by atoms with Gasteiger partial charge in [0.2, 0.25) is 0 Å². The molecule has 0 spiro atoms. The van der Waals surface area contributed by atoms with Gasteiger partial charge in [-0.15, -0.1) is 0 Å². The van der Waals surface area contributed by atoms with Gasteiger partial charge in [-0.2, -0.15) is 0 Å². The lowest BCUT2D eigenvalue weighted by Gasteiger charge is -2.09. The Morgan fingerprint density at radius 2 is 2.33 bits per heavy atom. The second kappa shape index (κ2) is 2.31. The smallest absolute Gasteiger partial charge is 0.308 e. The molecule has 0 saturated heterocycles. The first-order valence-electron chi connectivity index (χ1n) is 4.26. The Morgan fingerprint density at radius 3 is 2.83 bits per heavy atom. The topological polar surface area (TPSA) is 43.4 Å². The first-order chi connectivity index (χ1) is 5.72. The van der Waals surface area contributed by atoms with Gasteiger partial charge < -0.3 is 9.53 Å². The molecule has 2 aliphatic carbocycles. The third-order valence-electron chi connectivity index (χ3n) is 3.24. The van der Waals surface area contributed by atoms with E-state index in [1.807, 2.05) is 0 Å². The summed E-state index contributed by atoms with van der Waals surface area (Å²) in [6.07, 6.45) is 3.59. The molecule has 0 aromatic carbocycles. The highest BCUT2D eigenvalue weighted by molar-refractivity contribution is 5.76. The van der Waals surface area contributed by atoms with Gasteiger partial charge in [0.15, 0.2) is 0 Å². The van der Waals surface area contributed by atoms with Crippen molar-refractivity contribution in [2.45, 2.75) is 19.3 Å². The molecule has 0 amide bonds. The number of carbonyl (C=O) groups excluding carboxylic acids is 2. The average molecular weight is 168 g/mol. The van der Waals surface area contributed by atoms with E-state index in [0.29, 0.717) is 12.3 Å². The third kappa shape index (κ3) is 0.886. The van der Waals surface area contributed by atoms with Crippen molar-refractivity contribution < 1.29 is 14.3 Å². The van der Waals surface area contributed by atoms with Crippen LogP contribution < -0.4 is 0 Å². The Morgan fingerprint density at radius 1 is 1.58 bits per heavy atom. The van der Waals surface area contributed by atoms with E-state index in [1.165, 1.54) is 7.11 Å². The molecule has 0 N–H and O–H groups in total. The normalized spacial score (nSPS) is 43.4. The summed E-state index contributed by atoms with van der Waals surface area (Å²) in [6, 6.07) is 0. The molecule has 0 aromatic rings. The molecule has 12 heavy (non-hydrogen) atoms. The Labute approximate surface area is 71.1 Å². The largest absolute Gasteiger partial charge is 0.469 e. The predicted molar refractivity (Wildman–Crippen MR) is 41.3 cm³/mol. The van der Waals surface area contributed by atoms with E-state index in [4.69, 9.17) is 0 Å². The van der Waals surface area contributed by atoms with Crippen LogP contribution in [0.4, 0.5) is 0 Å². The summed E-state index contributed by atoms with van der Waals surface area (Å²) in [6.45, 7) is 0. The summed E-state index contributed by atoms with van der Waals surface area (Å²) in [5.41, 5.74) is -0.126. The quantitative estimate of drug-likeness (QED) is 0.452. The Bertz CT molecular complexity index is 236. The predicted octanol–water partition coefficient (Wildman–Crippen LogP) is 0.775. The van der Waals surface area contributed by atoms with Crippen molar-refractivity contribution in [1.82, 2.24) is 0 Å². The summed E-state index contributed by atoms with van der Waals surface area (Å²) < 4.78 is 4.64. The van der Waals surface area contributed by atoms with E-state index < -0.39 is 0 Å². The minimum absolute atomic E-state index is 0.0149. The van der Waals surface area contributed by atoms with Gasteiger partial charge >= 0.3 is 5.97 Å². The molecule has 0 radical (unpaired) electrons. The number of rotatable bonds is 2. The SMILES string of the molecule is COC(=O)C1CC2CC2(C=O)C1. The van der Waals surface area contributed by atoms with Crippen LogP contribution in [-0.2, 0) is 14.3 Å². The third-order valence-corrected chi connectivity index (χ3v) is 3.24. The average Bonchev–Trinajstić information content (AvgIpc) is 2.68. The van der Waals surface area contributed by atoms with Crippen LogP contribution in [0.25, 0.3) is 0 Å². The molecule has 0 aliphatic heterocycles. The first kappa shape index (κ1) is 7.77. The van der Waals surface area contributed by atoms with Gasteiger partial charge in [-0.3, -0.25) is 4.79 Å². The van der Waals surface area contributed by atoms with E-state index >= 15 is 0 Å². The van der Waals surface area contributed by atoms with Gasteiger partial charge in [0.25, 0.3) is 0 Å². The van der Waals surface area contributed by atoms with Gasteiger partial charge in [0.05, 0.1) is 13.0 Å². The van der Waals surface area contributed by atoms with Crippen LogP contribution in [-0.4, -0.2) is 19.4 Å². The van der Waals surface area contributed by atoms with Crippen LogP contribution in [0.2, 0.25) is 0 Å². The van der Waals surface area contributed by atoms with Crippen LogP contribution in [0.15, 0.2) is 0 Å². The van der Waals surface area contributed by atoms with Crippen molar-refractivity contribution in [3.8, 4) is 0 Å². The molecule has 2 rings (SSSR count). The van der Waals surface area contributed by atoms with Gasteiger partial charge in [-0.25, -0.2) is 0 Å². The molecule has 3 unspecified atom stereocenters. The van der Waals surface area contributed by atoms with Crippen molar-refractivity contribution in [1.29, 1.82) is 0 Å². The molecular formula is C9H12O3. The number of fused-ring (bicyclic) bond motifs is 1. The summed E-state index contributed by atoms with van der Waals surface area (Å²) in [4.78, 5) is 21.8. The summed E-state index contributed by atoms with van der Waals surface area (Å²) in [5.74, 6) is 0.307. The molecular weight excluding hydrogens is 156 g/mol. The highest BCUT2D eigenvalue weighted by atomic mass is 16.5. The number of ether oxygens (including phenoxy) is 1. The summed E-state index contributed by atoms with van der Waals surface area (Å²) in [5, 5.41) is 0. The van der Waals surface area contributed by atoms with E-state index in [9.17, 15) is 9.59 Å². The lowest BCUT2D eigenvalue weighted by molar-refractivity contribution is -0.145. The molecule has 0 aromatic heterocycles. The fourth-order valence-electron chi connectivity index (χ4n) is 2.39. The number of aldehydes is 1. The van der Waals surface area contributed by atoms with Gasteiger partial charge in [-0.05, 0) is 25.2 Å². The lowest BCUT2D eigenvalue weighted by atomic mass is 9.99. The molecule has 2 fully saturated rings. The zero-order valence-electron chi connectivity index (χ0n) is 7.08. The molecule has 3 heteroatoms. The Kier molecular flexibility index (Phi) is 1.50. The monoisotopic (exact) mass is 168 g/mol. The summed E-state index contributed by atoms with van der Waals surface area (Å²) >= 11 is 0. The van der Waals surface area contributed by atoms with E-state index in [-0.39, 0.29) is 17.3 Å². The highest BCUT2D eigenvalue weighted by Crippen LogP contribution is 2.64. The van der Waals surface area contributed by atoms with Gasteiger partial charge in [-0.1, -0.05) is 0 Å². The van der Waals surface area contributed by atoms with Crippen molar-refractivity contribution in [3.05, 3.63) is 0 Å². The van der Waals surface area contributed by atoms with Gasteiger partial charge in [0, 0.05) is 5.41 Å². The molecule has 66 valence electrons. The highest BCUT2D eigenvalue weighted by Gasteiger charge is 2.61. The molecule has 2 aliphatic rings.